The van der Waals surface area contributed by atoms with Gasteiger partial charge in [-0.2, -0.15) is 8.78 Å². The molecule has 1 aromatic carbocycles. The SMILES string of the molecule is N/C=C\N(N)CC1CN(c2cc(F)c(N3CCNN(C(=O)C(F)F)CC3)c(F)c2)C(=O)O1. The van der Waals surface area contributed by atoms with Crippen LogP contribution in [0.25, 0.3) is 0 Å². The molecule has 2 amide bonds. The van der Waals surface area contributed by atoms with Crippen LogP contribution in [0.15, 0.2) is 24.5 Å². The largest absolute Gasteiger partial charge is 0.442 e. The highest BCUT2D eigenvalue weighted by Crippen LogP contribution is 2.31. The number of benzene rings is 1. The Hall–Kier alpha value is -3.26. The summed E-state index contributed by atoms with van der Waals surface area (Å²) in [5, 5.41) is 1.94. The number of hydrogen-bond donors (Lipinski definition) is 3. The van der Waals surface area contributed by atoms with Gasteiger partial charge in [0.15, 0.2) is 11.6 Å². The molecule has 0 bridgehead atoms. The van der Waals surface area contributed by atoms with Crippen molar-refractivity contribution in [2.45, 2.75) is 12.5 Å². The minimum atomic E-state index is -3.19. The van der Waals surface area contributed by atoms with Crippen molar-refractivity contribution >= 4 is 23.4 Å². The molecular weight excluding hydrogens is 438 g/mol. The van der Waals surface area contributed by atoms with Crippen molar-refractivity contribution < 1.29 is 31.9 Å². The summed E-state index contributed by atoms with van der Waals surface area (Å²) in [6, 6.07) is 1.98. The third-order valence-corrected chi connectivity index (χ3v) is 4.93. The van der Waals surface area contributed by atoms with Crippen LogP contribution in [-0.2, 0) is 9.53 Å². The van der Waals surface area contributed by atoms with E-state index < -0.39 is 36.2 Å². The average Bonchev–Trinajstić information content (AvgIpc) is 2.92. The Kier molecular flexibility index (Phi) is 7.25. The summed E-state index contributed by atoms with van der Waals surface area (Å²) >= 11 is 0. The Balaban J connectivity index is 1.73. The third-order valence-electron chi connectivity index (χ3n) is 4.93. The highest BCUT2D eigenvalue weighted by molar-refractivity contribution is 5.90. The minimum absolute atomic E-state index is 0.0154. The lowest BCUT2D eigenvalue weighted by Gasteiger charge is -2.25. The molecule has 2 saturated heterocycles. The second-order valence-electron chi connectivity index (χ2n) is 7.10. The minimum Gasteiger partial charge on any atom is -0.442 e. The van der Waals surface area contributed by atoms with Gasteiger partial charge in [0.05, 0.1) is 25.3 Å². The fourth-order valence-electron chi connectivity index (χ4n) is 3.51. The Morgan fingerprint density at radius 3 is 2.59 bits per heavy atom. The van der Waals surface area contributed by atoms with E-state index in [-0.39, 0.29) is 50.6 Å². The lowest BCUT2D eigenvalue weighted by atomic mass is 10.2. The number of anilines is 2. The van der Waals surface area contributed by atoms with E-state index in [1.807, 2.05) is 0 Å². The Morgan fingerprint density at radius 2 is 1.97 bits per heavy atom. The number of ether oxygens (including phenoxy) is 1. The smallest absolute Gasteiger partial charge is 0.414 e. The molecule has 0 spiro atoms. The van der Waals surface area contributed by atoms with E-state index in [9.17, 15) is 27.2 Å². The van der Waals surface area contributed by atoms with Crippen LogP contribution in [-0.4, -0.2) is 73.8 Å². The molecule has 1 atom stereocenters. The van der Waals surface area contributed by atoms with Crippen LogP contribution >= 0.6 is 0 Å². The predicted molar refractivity (Wildman–Crippen MR) is 106 cm³/mol. The van der Waals surface area contributed by atoms with Crippen molar-refractivity contribution in [2.75, 3.05) is 49.1 Å². The number of nitrogens with two attached hydrogens (primary N) is 2. The van der Waals surface area contributed by atoms with Gasteiger partial charge < -0.3 is 20.4 Å². The van der Waals surface area contributed by atoms with Gasteiger partial charge in [-0.15, -0.1) is 0 Å². The number of nitrogens with zero attached hydrogens (tertiary/aromatic N) is 4. The number of cyclic esters (lactones) is 1. The zero-order valence-corrected chi connectivity index (χ0v) is 16.9. The number of carbonyl (C=O) groups is 2. The number of nitrogens with one attached hydrogen (secondary N) is 1. The van der Waals surface area contributed by atoms with Gasteiger partial charge in [-0.05, 0) is 0 Å². The maximum atomic E-state index is 14.9. The van der Waals surface area contributed by atoms with Gasteiger partial charge in [0.25, 0.3) is 0 Å². The molecule has 1 aromatic rings. The number of carbonyl (C=O) groups excluding carboxylic acids is 2. The van der Waals surface area contributed by atoms with Gasteiger partial charge in [0.2, 0.25) is 0 Å². The molecule has 2 heterocycles. The van der Waals surface area contributed by atoms with Crippen molar-refractivity contribution in [3.8, 4) is 0 Å². The van der Waals surface area contributed by atoms with E-state index in [4.69, 9.17) is 16.3 Å². The first-order valence-corrected chi connectivity index (χ1v) is 9.66. The molecule has 0 aromatic heterocycles. The molecule has 14 heteroatoms. The van der Waals surface area contributed by atoms with Gasteiger partial charge in [-0.25, -0.2) is 24.8 Å². The van der Waals surface area contributed by atoms with Gasteiger partial charge in [-0.1, -0.05) is 0 Å². The standard InChI is InChI=1S/C18H23F4N7O3/c19-13-7-11(28-10-12(32-18(28)31)9-27(24)3-1-23)8-14(20)15(13)26-4-2-25-29(6-5-26)17(30)16(21)22/h1,3,7-8,12,16,25H,2,4-6,9-10,23-24H2/b3-1-. The summed E-state index contributed by atoms with van der Waals surface area (Å²) in [6.45, 7) is -0.0551. The van der Waals surface area contributed by atoms with E-state index in [0.29, 0.717) is 0 Å². The quantitative estimate of drug-likeness (QED) is 0.315. The number of hydrogen-bond acceptors (Lipinski definition) is 8. The second-order valence-corrected chi connectivity index (χ2v) is 7.10. The molecule has 2 aliphatic heterocycles. The zero-order valence-electron chi connectivity index (χ0n) is 16.9. The summed E-state index contributed by atoms with van der Waals surface area (Å²) in [4.78, 5) is 26.0. The van der Waals surface area contributed by atoms with E-state index in [2.05, 4.69) is 5.43 Å². The summed E-state index contributed by atoms with van der Waals surface area (Å²) < 4.78 is 60.2. The molecule has 32 heavy (non-hydrogen) atoms. The van der Waals surface area contributed by atoms with Gasteiger partial charge >= 0.3 is 18.4 Å². The lowest BCUT2D eigenvalue weighted by molar-refractivity contribution is -0.145. The first-order valence-electron chi connectivity index (χ1n) is 9.66. The van der Waals surface area contributed by atoms with Crippen LogP contribution < -0.4 is 26.8 Å². The van der Waals surface area contributed by atoms with Crippen molar-refractivity contribution in [1.29, 1.82) is 0 Å². The summed E-state index contributed by atoms with van der Waals surface area (Å²) in [7, 11) is 0. The Labute approximate surface area is 180 Å². The Bertz CT molecular complexity index is 865. The number of halogens is 4. The zero-order chi connectivity index (χ0) is 23.4. The Morgan fingerprint density at radius 1 is 1.28 bits per heavy atom. The fourth-order valence-corrected chi connectivity index (χ4v) is 3.51. The normalized spacial score (nSPS) is 19.6. The van der Waals surface area contributed by atoms with Crippen molar-refractivity contribution in [1.82, 2.24) is 15.4 Å². The summed E-state index contributed by atoms with van der Waals surface area (Å²) in [6.07, 6.45) is -2.05. The fraction of sp³-hybridized carbons (Fsp3) is 0.444. The number of alkyl halides is 2. The summed E-state index contributed by atoms with van der Waals surface area (Å²) in [5.74, 6) is 2.35. The highest BCUT2D eigenvalue weighted by atomic mass is 19.3. The second kappa shape index (κ2) is 9.91. The van der Waals surface area contributed by atoms with Crippen LogP contribution in [0.3, 0.4) is 0 Å². The first kappa shape index (κ1) is 23.4. The van der Waals surface area contributed by atoms with Crippen LogP contribution in [0.5, 0.6) is 0 Å². The number of amides is 2. The van der Waals surface area contributed by atoms with Crippen molar-refractivity contribution in [2.24, 2.45) is 11.6 Å². The predicted octanol–water partition coefficient (Wildman–Crippen LogP) is 0.314. The van der Waals surface area contributed by atoms with E-state index in [1.54, 1.807) is 0 Å². The maximum absolute atomic E-state index is 14.9. The topological polar surface area (TPSA) is 120 Å². The van der Waals surface area contributed by atoms with E-state index >= 15 is 0 Å². The van der Waals surface area contributed by atoms with Crippen LogP contribution in [0.4, 0.5) is 33.7 Å². The molecule has 0 radical (unpaired) electrons. The van der Waals surface area contributed by atoms with Crippen LogP contribution in [0.2, 0.25) is 0 Å². The lowest BCUT2D eigenvalue weighted by Crippen LogP contribution is -2.46. The van der Waals surface area contributed by atoms with Crippen LogP contribution in [0.1, 0.15) is 0 Å². The van der Waals surface area contributed by atoms with Crippen molar-refractivity contribution in [3.63, 3.8) is 0 Å². The molecule has 176 valence electrons. The molecular formula is C18H23F4N7O3. The molecule has 2 aliphatic rings. The van der Waals surface area contributed by atoms with E-state index in [0.717, 1.165) is 22.0 Å². The molecule has 5 N–H and O–H groups in total. The average molecular weight is 461 g/mol. The van der Waals surface area contributed by atoms with Gasteiger partial charge in [-0.3, -0.25) is 14.7 Å². The molecule has 2 fully saturated rings. The summed E-state index contributed by atoms with van der Waals surface area (Å²) in [5.41, 5.74) is 7.33. The molecule has 10 nitrogen and oxygen atoms in total. The van der Waals surface area contributed by atoms with E-state index in [1.165, 1.54) is 22.3 Å². The molecule has 3 rings (SSSR count). The molecule has 0 saturated carbocycles. The monoisotopic (exact) mass is 461 g/mol. The van der Waals surface area contributed by atoms with Gasteiger partial charge in [0.1, 0.15) is 11.8 Å². The third kappa shape index (κ3) is 5.13. The maximum Gasteiger partial charge on any atom is 0.414 e. The first-order chi connectivity index (χ1) is 15.2. The molecule has 1 unspecified atom stereocenters. The number of hydrazine groups is 2. The highest BCUT2D eigenvalue weighted by Gasteiger charge is 2.34. The molecule has 0 aliphatic carbocycles. The van der Waals surface area contributed by atoms with Crippen LogP contribution in [0, 0.1) is 11.6 Å². The van der Waals surface area contributed by atoms with Crippen molar-refractivity contribution in [3.05, 3.63) is 36.2 Å². The number of rotatable bonds is 6. The van der Waals surface area contributed by atoms with Gasteiger partial charge in [0, 0.05) is 44.2 Å².